The van der Waals surface area contributed by atoms with Gasteiger partial charge in [-0.2, -0.15) is 0 Å². The summed E-state index contributed by atoms with van der Waals surface area (Å²) in [7, 11) is 3.27. The first-order valence-corrected chi connectivity index (χ1v) is 6.76. The third-order valence-corrected chi connectivity index (χ3v) is 3.45. The van der Waals surface area contributed by atoms with Crippen LogP contribution in [0.3, 0.4) is 0 Å². The highest BCUT2D eigenvalue weighted by molar-refractivity contribution is 6.32. The smallest absolute Gasteiger partial charge is 0.137 e. The maximum Gasteiger partial charge on any atom is 0.137 e. The molecule has 0 aliphatic carbocycles. The molecule has 0 amide bonds. The van der Waals surface area contributed by atoms with Crippen molar-refractivity contribution in [2.75, 3.05) is 19.5 Å². The van der Waals surface area contributed by atoms with Crippen LogP contribution in [0.2, 0.25) is 5.02 Å². The Morgan fingerprint density at radius 1 is 1.00 bits per heavy atom. The highest BCUT2D eigenvalue weighted by Crippen LogP contribution is 2.29. The zero-order valence-electron chi connectivity index (χ0n) is 11.8. The summed E-state index contributed by atoms with van der Waals surface area (Å²) < 4.78 is 10.3. The van der Waals surface area contributed by atoms with E-state index in [9.17, 15) is 0 Å². The summed E-state index contributed by atoms with van der Waals surface area (Å²) >= 11 is 6.12. The van der Waals surface area contributed by atoms with Crippen LogP contribution in [0.1, 0.15) is 18.5 Å². The fourth-order valence-corrected chi connectivity index (χ4v) is 2.24. The Balaban J connectivity index is 2.10. The van der Waals surface area contributed by atoms with Crippen molar-refractivity contribution in [2.45, 2.75) is 13.0 Å². The normalized spacial score (nSPS) is 11.8. The minimum absolute atomic E-state index is 0.172. The number of rotatable bonds is 5. The third kappa shape index (κ3) is 3.36. The molecule has 4 heteroatoms. The number of hydrogen-bond donors (Lipinski definition) is 1. The van der Waals surface area contributed by atoms with Crippen LogP contribution in [0, 0.1) is 0 Å². The Bertz CT molecular complexity index is 569. The molecule has 0 fully saturated rings. The monoisotopic (exact) mass is 291 g/mol. The van der Waals surface area contributed by atoms with Crippen LogP contribution in [0.25, 0.3) is 0 Å². The second-order valence-corrected chi connectivity index (χ2v) is 4.90. The fourth-order valence-electron chi connectivity index (χ4n) is 1.98. The molecule has 20 heavy (non-hydrogen) atoms. The molecule has 0 aliphatic rings. The van der Waals surface area contributed by atoms with Gasteiger partial charge in [0.25, 0.3) is 0 Å². The SMILES string of the molecule is COc1ccc(C(C)Nc2ccc(OC)c(Cl)c2)cc1. The molecule has 3 nitrogen and oxygen atoms in total. The van der Waals surface area contributed by atoms with Crippen molar-refractivity contribution in [3.05, 3.63) is 53.1 Å². The highest BCUT2D eigenvalue weighted by atomic mass is 35.5. The van der Waals surface area contributed by atoms with Crippen molar-refractivity contribution in [1.29, 1.82) is 0 Å². The van der Waals surface area contributed by atoms with Crippen LogP contribution in [0.5, 0.6) is 11.5 Å². The van der Waals surface area contributed by atoms with Crippen LogP contribution in [-0.2, 0) is 0 Å². The number of benzene rings is 2. The van der Waals surface area contributed by atoms with Gasteiger partial charge in [0, 0.05) is 11.7 Å². The molecule has 2 rings (SSSR count). The minimum Gasteiger partial charge on any atom is -0.497 e. The van der Waals surface area contributed by atoms with Crippen LogP contribution in [-0.4, -0.2) is 14.2 Å². The number of hydrogen-bond acceptors (Lipinski definition) is 3. The lowest BCUT2D eigenvalue weighted by molar-refractivity contribution is 0.414. The number of nitrogens with one attached hydrogen (secondary N) is 1. The Morgan fingerprint density at radius 3 is 2.25 bits per heavy atom. The fraction of sp³-hybridized carbons (Fsp3) is 0.250. The van der Waals surface area contributed by atoms with Gasteiger partial charge in [-0.3, -0.25) is 0 Å². The number of halogens is 1. The molecule has 0 spiro atoms. The summed E-state index contributed by atoms with van der Waals surface area (Å²) in [5, 5.41) is 4.00. The van der Waals surface area contributed by atoms with Crippen LogP contribution >= 0.6 is 11.6 Å². The first-order valence-electron chi connectivity index (χ1n) is 6.38. The third-order valence-electron chi connectivity index (χ3n) is 3.15. The molecule has 0 radical (unpaired) electrons. The van der Waals surface area contributed by atoms with Crippen molar-refractivity contribution in [2.24, 2.45) is 0 Å². The van der Waals surface area contributed by atoms with Crippen molar-refractivity contribution in [3.63, 3.8) is 0 Å². The second kappa shape index (κ2) is 6.53. The first kappa shape index (κ1) is 14.5. The average Bonchev–Trinajstić information content (AvgIpc) is 2.47. The Morgan fingerprint density at radius 2 is 1.70 bits per heavy atom. The summed E-state index contributed by atoms with van der Waals surface area (Å²) in [5.74, 6) is 1.53. The largest absolute Gasteiger partial charge is 0.497 e. The Kier molecular flexibility index (Phi) is 4.74. The minimum atomic E-state index is 0.172. The van der Waals surface area contributed by atoms with Crippen LogP contribution < -0.4 is 14.8 Å². The van der Waals surface area contributed by atoms with E-state index >= 15 is 0 Å². The van der Waals surface area contributed by atoms with Crippen molar-refractivity contribution in [1.82, 2.24) is 0 Å². The molecule has 0 saturated carbocycles. The molecule has 2 aromatic rings. The first-order chi connectivity index (χ1) is 9.63. The van der Waals surface area contributed by atoms with Crippen molar-refractivity contribution < 1.29 is 9.47 Å². The van der Waals surface area contributed by atoms with E-state index in [4.69, 9.17) is 21.1 Å². The Labute approximate surface area is 124 Å². The van der Waals surface area contributed by atoms with Gasteiger partial charge in [0.15, 0.2) is 0 Å². The lowest BCUT2D eigenvalue weighted by Gasteiger charge is -2.17. The van der Waals surface area contributed by atoms with Gasteiger partial charge in [-0.05, 0) is 42.8 Å². The molecule has 1 N–H and O–H groups in total. The summed E-state index contributed by atoms with van der Waals surface area (Å²) in [4.78, 5) is 0. The van der Waals surface area contributed by atoms with E-state index in [-0.39, 0.29) is 6.04 Å². The molecule has 0 heterocycles. The predicted molar refractivity (Wildman–Crippen MR) is 83.0 cm³/mol. The van der Waals surface area contributed by atoms with E-state index < -0.39 is 0 Å². The zero-order valence-corrected chi connectivity index (χ0v) is 12.6. The molecule has 0 bridgehead atoms. The van der Waals surface area contributed by atoms with Crippen LogP contribution in [0.4, 0.5) is 5.69 Å². The van der Waals surface area contributed by atoms with Gasteiger partial charge >= 0.3 is 0 Å². The lowest BCUT2D eigenvalue weighted by atomic mass is 10.1. The standard InChI is InChI=1S/C16H18ClNO2/c1-11(12-4-7-14(19-2)8-5-12)18-13-6-9-16(20-3)15(17)10-13/h4-11,18H,1-3H3. The molecule has 0 saturated heterocycles. The van der Waals surface area contributed by atoms with Gasteiger partial charge in [0.1, 0.15) is 11.5 Å². The van der Waals surface area contributed by atoms with E-state index in [1.165, 1.54) is 5.56 Å². The molecule has 2 aromatic carbocycles. The maximum absolute atomic E-state index is 6.12. The molecule has 1 atom stereocenters. The van der Waals surface area contributed by atoms with Crippen molar-refractivity contribution >= 4 is 17.3 Å². The number of anilines is 1. The zero-order chi connectivity index (χ0) is 14.5. The van der Waals surface area contributed by atoms with Gasteiger partial charge in [-0.15, -0.1) is 0 Å². The van der Waals surface area contributed by atoms with Crippen molar-refractivity contribution in [3.8, 4) is 11.5 Å². The van der Waals surface area contributed by atoms with E-state index in [1.807, 2.05) is 42.5 Å². The maximum atomic E-state index is 6.12. The highest BCUT2D eigenvalue weighted by Gasteiger charge is 2.07. The molecular weight excluding hydrogens is 274 g/mol. The average molecular weight is 292 g/mol. The van der Waals surface area contributed by atoms with Gasteiger partial charge in [0.2, 0.25) is 0 Å². The van der Waals surface area contributed by atoms with Gasteiger partial charge in [0.05, 0.1) is 19.2 Å². The molecule has 1 unspecified atom stereocenters. The van der Waals surface area contributed by atoms with Gasteiger partial charge < -0.3 is 14.8 Å². The number of methoxy groups -OCH3 is 2. The molecular formula is C16H18ClNO2. The van der Waals surface area contributed by atoms with Gasteiger partial charge in [-0.1, -0.05) is 23.7 Å². The quantitative estimate of drug-likeness (QED) is 0.878. The van der Waals surface area contributed by atoms with E-state index in [1.54, 1.807) is 14.2 Å². The van der Waals surface area contributed by atoms with E-state index in [2.05, 4.69) is 12.2 Å². The Hall–Kier alpha value is -1.87. The summed E-state index contributed by atoms with van der Waals surface area (Å²) in [6.45, 7) is 2.10. The van der Waals surface area contributed by atoms with E-state index in [0.717, 1.165) is 11.4 Å². The predicted octanol–water partition coefficient (Wildman–Crippen LogP) is 4.53. The summed E-state index contributed by atoms with van der Waals surface area (Å²) in [5.41, 5.74) is 2.14. The molecule has 0 aliphatic heterocycles. The van der Waals surface area contributed by atoms with E-state index in [0.29, 0.717) is 10.8 Å². The van der Waals surface area contributed by atoms with Crippen LogP contribution in [0.15, 0.2) is 42.5 Å². The molecule has 0 aromatic heterocycles. The second-order valence-electron chi connectivity index (χ2n) is 4.49. The lowest BCUT2D eigenvalue weighted by Crippen LogP contribution is -2.06. The van der Waals surface area contributed by atoms with Gasteiger partial charge in [-0.25, -0.2) is 0 Å². The summed E-state index contributed by atoms with van der Waals surface area (Å²) in [6.07, 6.45) is 0. The molecule has 106 valence electrons. The number of ether oxygens (including phenoxy) is 2. The summed E-state index contributed by atoms with van der Waals surface area (Å²) in [6, 6.07) is 13.8. The topological polar surface area (TPSA) is 30.5 Å².